The lowest BCUT2D eigenvalue weighted by atomic mass is 9.70. The van der Waals surface area contributed by atoms with Crippen molar-refractivity contribution in [1.82, 2.24) is 0 Å². The van der Waals surface area contributed by atoms with E-state index in [1.807, 2.05) is 11.3 Å². The van der Waals surface area contributed by atoms with Crippen LogP contribution in [-0.2, 0) is 5.41 Å². The molecular formula is C61H40N2S. The van der Waals surface area contributed by atoms with Crippen LogP contribution in [0.1, 0.15) is 22.3 Å². The average Bonchev–Trinajstić information content (AvgIpc) is 3.99. The molecule has 13 rings (SSSR count). The molecule has 64 heavy (non-hydrogen) atoms. The number of benzene rings is 10. The van der Waals surface area contributed by atoms with Gasteiger partial charge in [0.2, 0.25) is 0 Å². The van der Waals surface area contributed by atoms with E-state index >= 15 is 0 Å². The van der Waals surface area contributed by atoms with Crippen molar-refractivity contribution in [1.29, 1.82) is 0 Å². The molecule has 0 aliphatic heterocycles. The molecule has 0 fully saturated rings. The highest BCUT2D eigenvalue weighted by Crippen LogP contribution is 2.65. The number of hydrogen-bond acceptors (Lipinski definition) is 3. The van der Waals surface area contributed by atoms with Crippen LogP contribution in [0.4, 0.5) is 34.1 Å². The summed E-state index contributed by atoms with van der Waals surface area (Å²) in [7, 11) is 0. The van der Waals surface area contributed by atoms with Gasteiger partial charge in [-0.15, -0.1) is 11.3 Å². The molecule has 2 aliphatic rings. The molecule has 1 aromatic heterocycles. The van der Waals surface area contributed by atoms with Crippen molar-refractivity contribution in [2.24, 2.45) is 0 Å². The lowest BCUT2D eigenvalue weighted by Crippen LogP contribution is -2.26. The molecule has 11 aromatic rings. The highest BCUT2D eigenvalue weighted by atomic mass is 32.1. The Morgan fingerprint density at radius 1 is 0.297 bits per heavy atom. The molecule has 3 heteroatoms. The van der Waals surface area contributed by atoms with E-state index in [-0.39, 0.29) is 0 Å². The number of fused-ring (bicyclic) bond motifs is 13. The van der Waals surface area contributed by atoms with E-state index in [2.05, 4.69) is 252 Å². The molecule has 0 N–H and O–H groups in total. The van der Waals surface area contributed by atoms with Crippen molar-refractivity contribution in [2.75, 3.05) is 9.80 Å². The summed E-state index contributed by atoms with van der Waals surface area (Å²) in [5.41, 5.74) is 18.9. The summed E-state index contributed by atoms with van der Waals surface area (Å²) in [4.78, 5) is 4.93. The summed E-state index contributed by atoms with van der Waals surface area (Å²) in [6.45, 7) is 0. The lowest BCUT2D eigenvalue weighted by molar-refractivity contribution is 0.793. The number of nitrogens with zero attached hydrogens (tertiary/aromatic N) is 2. The molecule has 1 unspecified atom stereocenters. The Morgan fingerprint density at radius 2 is 0.828 bits per heavy atom. The van der Waals surface area contributed by atoms with E-state index in [4.69, 9.17) is 0 Å². The Morgan fingerprint density at radius 3 is 1.61 bits per heavy atom. The Hall–Kier alpha value is -7.98. The number of hydrogen-bond donors (Lipinski definition) is 0. The molecule has 0 radical (unpaired) electrons. The predicted molar refractivity (Wildman–Crippen MR) is 270 cm³/mol. The smallest absolute Gasteiger partial charge is 0.0727 e. The van der Waals surface area contributed by atoms with Crippen LogP contribution < -0.4 is 9.80 Å². The third-order valence-electron chi connectivity index (χ3n) is 13.5. The largest absolute Gasteiger partial charge is 0.310 e. The second-order valence-electron chi connectivity index (χ2n) is 16.8. The second-order valence-corrected chi connectivity index (χ2v) is 17.9. The van der Waals surface area contributed by atoms with Crippen molar-refractivity contribution < 1.29 is 0 Å². The van der Waals surface area contributed by atoms with E-state index in [1.54, 1.807) is 0 Å². The van der Waals surface area contributed by atoms with Crippen molar-refractivity contribution in [2.45, 2.75) is 5.41 Å². The Labute approximate surface area is 377 Å². The minimum Gasteiger partial charge on any atom is -0.310 e. The van der Waals surface area contributed by atoms with Gasteiger partial charge in [0.05, 0.1) is 16.8 Å². The summed E-state index contributed by atoms with van der Waals surface area (Å²) in [5, 5.41) is 2.58. The van der Waals surface area contributed by atoms with Gasteiger partial charge < -0.3 is 9.80 Å². The maximum absolute atomic E-state index is 2.50. The van der Waals surface area contributed by atoms with E-state index in [0.717, 1.165) is 34.1 Å². The van der Waals surface area contributed by atoms with Gasteiger partial charge in [-0.1, -0.05) is 170 Å². The number of anilines is 6. The van der Waals surface area contributed by atoms with Crippen LogP contribution >= 0.6 is 11.3 Å². The van der Waals surface area contributed by atoms with Gasteiger partial charge in [-0.2, -0.15) is 0 Å². The van der Waals surface area contributed by atoms with E-state index < -0.39 is 5.41 Å². The molecule has 10 aromatic carbocycles. The second kappa shape index (κ2) is 14.6. The maximum Gasteiger partial charge on any atom is 0.0727 e. The van der Waals surface area contributed by atoms with Crippen LogP contribution in [0.25, 0.3) is 53.6 Å². The van der Waals surface area contributed by atoms with Gasteiger partial charge in [0.15, 0.2) is 0 Å². The molecule has 1 atom stereocenters. The standard InChI is InChI=1S/C61H40N2S/c1-4-19-41(20-5-1)46-25-12-16-32-56(46)63(43-23-8-3-9-24-43)57-33-18-31-54-60(57)50-28-11-15-30-53(50)61(54)52-29-14-10-26-47(52)48-37-35-45(40-55(48)61)62(42-21-6-2-7-22-42)44-36-38-59-51(39-44)49-27-13-17-34-58(49)64-59/h1-40H. The monoisotopic (exact) mass is 832 g/mol. The van der Waals surface area contributed by atoms with Gasteiger partial charge in [0.1, 0.15) is 0 Å². The Bertz CT molecular complexity index is 3580. The van der Waals surface area contributed by atoms with Gasteiger partial charge in [0.25, 0.3) is 0 Å². The summed E-state index contributed by atoms with van der Waals surface area (Å²) >= 11 is 1.86. The van der Waals surface area contributed by atoms with Gasteiger partial charge in [0, 0.05) is 54.0 Å². The fraction of sp³-hybridized carbons (Fsp3) is 0.0164. The van der Waals surface area contributed by atoms with Crippen LogP contribution in [0.3, 0.4) is 0 Å². The van der Waals surface area contributed by atoms with Crippen molar-refractivity contribution in [3.05, 3.63) is 265 Å². The molecule has 0 amide bonds. The third-order valence-corrected chi connectivity index (χ3v) is 14.6. The van der Waals surface area contributed by atoms with Gasteiger partial charge >= 0.3 is 0 Å². The molecule has 1 heterocycles. The average molecular weight is 833 g/mol. The van der Waals surface area contributed by atoms with Gasteiger partial charge in [-0.3, -0.25) is 0 Å². The number of rotatable bonds is 7. The summed E-state index contributed by atoms with van der Waals surface area (Å²) < 4.78 is 2.61. The first-order chi connectivity index (χ1) is 31.8. The van der Waals surface area contributed by atoms with Gasteiger partial charge in [-0.05, 0) is 117 Å². The Kier molecular flexibility index (Phi) is 8.34. The van der Waals surface area contributed by atoms with Crippen LogP contribution in [0.2, 0.25) is 0 Å². The predicted octanol–water partition coefficient (Wildman–Crippen LogP) is 17.0. The minimum absolute atomic E-state index is 0.568. The summed E-state index contributed by atoms with van der Waals surface area (Å²) in [6, 6.07) is 89.6. The molecule has 0 saturated carbocycles. The molecular weight excluding hydrogens is 793 g/mol. The fourth-order valence-corrected chi connectivity index (χ4v) is 12.0. The molecule has 2 nitrogen and oxygen atoms in total. The minimum atomic E-state index is -0.568. The Balaban J connectivity index is 1.07. The van der Waals surface area contributed by atoms with E-state index in [9.17, 15) is 0 Å². The van der Waals surface area contributed by atoms with Crippen LogP contribution in [-0.4, -0.2) is 0 Å². The van der Waals surface area contributed by atoms with Crippen LogP contribution in [0.15, 0.2) is 243 Å². The van der Waals surface area contributed by atoms with Crippen molar-refractivity contribution >= 4 is 65.6 Å². The SMILES string of the molecule is c1ccc(-c2ccccc2N(c2ccccc2)c2cccc3c2-c2ccccc2C32c3ccccc3-c3ccc(N(c4ccccc4)c4ccc5sc6ccccc6c5c4)cc32)cc1. The lowest BCUT2D eigenvalue weighted by Gasteiger charge is -2.33. The zero-order valence-corrected chi connectivity index (χ0v) is 35.7. The number of thiophene rings is 1. The molecule has 0 saturated heterocycles. The highest BCUT2D eigenvalue weighted by Gasteiger charge is 2.52. The fourth-order valence-electron chi connectivity index (χ4n) is 10.9. The first-order valence-electron chi connectivity index (χ1n) is 22.0. The molecule has 300 valence electrons. The topological polar surface area (TPSA) is 6.48 Å². The van der Waals surface area contributed by atoms with Crippen LogP contribution in [0, 0.1) is 0 Å². The highest BCUT2D eigenvalue weighted by molar-refractivity contribution is 7.25. The first-order valence-corrected chi connectivity index (χ1v) is 22.8. The molecule has 2 aliphatic carbocycles. The molecule has 1 spiro atoms. The zero-order chi connectivity index (χ0) is 42.2. The summed E-state index contributed by atoms with van der Waals surface area (Å²) in [5.74, 6) is 0. The molecule has 0 bridgehead atoms. The third kappa shape index (κ3) is 5.38. The maximum atomic E-state index is 2.50. The van der Waals surface area contributed by atoms with Crippen molar-refractivity contribution in [3.8, 4) is 33.4 Å². The first kappa shape index (κ1) is 36.7. The number of para-hydroxylation sites is 3. The normalized spacial score (nSPS) is 14.3. The zero-order valence-electron chi connectivity index (χ0n) is 34.9. The quantitative estimate of drug-likeness (QED) is 0.158. The summed E-state index contributed by atoms with van der Waals surface area (Å²) in [6.07, 6.45) is 0. The van der Waals surface area contributed by atoms with Crippen molar-refractivity contribution in [3.63, 3.8) is 0 Å². The van der Waals surface area contributed by atoms with E-state index in [0.29, 0.717) is 0 Å². The van der Waals surface area contributed by atoms with Gasteiger partial charge in [-0.25, -0.2) is 0 Å². The van der Waals surface area contributed by atoms with Crippen LogP contribution in [0.5, 0.6) is 0 Å². The van der Waals surface area contributed by atoms with E-state index in [1.165, 1.54) is 75.8 Å².